The average molecular weight is 235 g/mol. The second-order valence-corrected chi connectivity index (χ2v) is 4.19. The lowest BCUT2D eigenvalue weighted by Gasteiger charge is -2.03. The van der Waals surface area contributed by atoms with E-state index in [2.05, 4.69) is 23.4 Å². The fourth-order valence-electron chi connectivity index (χ4n) is 1.23. The van der Waals surface area contributed by atoms with Gasteiger partial charge in [-0.15, -0.1) is 11.3 Å². The van der Waals surface area contributed by atoms with E-state index in [1.165, 1.54) is 0 Å². The zero-order chi connectivity index (χ0) is 10.8. The predicted octanol–water partition coefficient (Wildman–Crippen LogP) is 3.33. The number of allylic oxidation sites excluding steroid dienone is 2. The summed E-state index contributed by atoms with van der Waals surface area (Å²) in [7, 11) is 0. The number of thiophene rings is 1. The van der Waals surface area contributed by atoms with E-state index in [1.54, 1.807) is 22.0 Å². The molecule has 15 heavy (non-hydrogen) atoms. The van der Waals surface area contributed by atoms with Crippen molar-refractivity contribution in [3.8, 4) is 10.7 Å². The molecule has 5 heteroatoms. The molecule has 0 fully saturated rings. The normalized spacial score (nSPS) is 10.1. The van der Waals surface area contributed by atoms with Crippen LogP contribution in [-0.4, -0.2) is 14.8 Å². The first-order valence-corrected chi connectivity index (χ1v) is 5.56. The highest BCUT2D eigenvalue weighted by Gasteiger charge is 2.10. The summed E-state index contributed by atoms with van der Waals surface area (Å²) in [5.74, 6) is 0.778. The molecule has 76 valence electrons. The molecule has 0 aromatic carbocycles. The molecule has 2 rings (SSSR count). The van der Waals surface area contributed by atoms with Gasteiger partial charge >= 0.3 is 0 Å². The smallest absolute Gasteiger partial charge is 0.200 e. The molecule has 0 atom stereocenters. The highest BCUT2D eigenvalue weighted by Crippen LogP contribution is 2.24. The molecule has 0 aliphatic carbocycles. The van der Waals surface area contributed by atoms with Crippen molar-refractivity contribution >= 4 is 29.3 Å². The Morgan fingerprint density at radius 1 is 1.67 bits per heavy atom. The van der Waals surface area contributed by atoms with Crippen molar-refractivity contribution in [1.82, 2.24) is 14.8 Å². The van der Waals surface area contributed by atoms with Gasteiger partial charge in [0.2, 0.25) is 0 Å². The predicted molar refractivity (Wildman–Crippen MR) is 66.3 cm³/mol. The van der Waals surface area contributed by atoms with Crippen molar-refractivity contribution in [2.24, 2.45) is 0 Å². The number of aromatic nitrogens is 3. The van der Waals surface area contributed by atoms with Crippen LogP contribution in [0, 0.1) is 4.77 Å². The van der Waals surface area contributed by atoms with Crippen LogP contribution in [0.4, 0.5) is 0 Å². The van der Waals surface area contributed by atoms with Crippen LogP contribution in [-0.2, 0) is 0 Å². The minimum absolute atomic E-state index is 0.531. The zero-order valence-electron chi connectivity index (χ0n) is 7.93. The standard InChI is InChI=1S/C10H9N3S2/c1-3-7(2)13-9(11-12-10(13)14)8-5-4-6-15-8/h3-6H,1-2H2,(H,12,14). The van der Waals surface area contributed by atoms with Gasteiger partial charge < -0.3 is 0 Å². The number of hydrogen-bond donors (Lipinski definition) is 1. The summed E-state index contributed by atoms with van der Waals surface area (Å²) in [6.07, 6.45) is 1.66. The minimum Gasteiger partial charge on any atom is -0.268 e. The number of rotatable bonds is 3. The van der Waals surface area contributed by atoms with Crippen LogP contribution in [0.5, 0.6) is 0 Å². The first-order chi connectivity index (χ1) is 7.24. The van der Waals surface area contributed by atoms with E-state index >= 15 is 0 Å². The maximum Gasteiger partial charge on any atom is 0.200 e. The van der Waals surface area contributed by atoms with Gasteiger partial charge in [0.05, 0.1) is 4.88 Å². The summed E-state index contributed by atoms with van der Waals surface area (Å²) < 4.78 is 2.30. The second kappa shape index (κ2) is 3.96. The number of nitrogens with one attached hydrogen (secondary N) is 1. The molecule has 3 nitrogen and oxygen atoms in total. The molecule has 0 saturated heterocycles. The van der Waals surface area contributed by atoms with Crippen LogP contribution in [0.2, 0.25) is 0 Å². The van der Waals surface area contributed by atoms with E-state index in [-0.39, 0.29) is 0 Å². The molecule has 0 aliphatic rings. The molecule has 0 unspecified atom stereocenters. The van der Waals surface area contributed by atoms with Crippen LogP contribution >= 0.6 is 23.6 Å². The Labute approximate surface area is 96.4 Å². The number of nitrogens with zero attached hydrogens (tertiary/aromatic N) is 2. The number of hydrogen-bond acceptors (Lipinski definition) is 3. The maximum absolute atomic E-state index is 5.13. The number of aromatic amines is 1. The van der Waals surface area contributed by atoms with E-state index in [9.17, 15) is 0 Å². The molecular formula is C10H9N3S2. The monoisotopic (exact) mass is 235 g/mol. The Morgan fingerprint density at radius 3 is 3.07 bits per heavy atom. The quantitative estimate of drug-likeness (QED) is 0.654. The lowest BCUT2D eigenvalue weighted by Crippen LogP contribution is -1.95. The Balaban J connectivity index is 2.64. The third-order valence-electron chi connectivity index (χ3n) is 1.94. The summed E-state index contributed by atoms with van der Waals surface area (Å²) in [5.41, 5.74) is 0.720. The Bertz CT molecular complexity index is 545. The van der Waals surface area contributed by atoms with Gasteiger partial charge in [-0.2, -0.15) is 5.10 Å². The van der Waals surface area contributed by atoms with Crippen molar-refractivity contribution in [1.29, 1.82) is 0 Å². The Morgan fingerprint density at radius 2 is 2.47 bits per heavy atom. The SMILES string of the molecule is C=CC(=C)n1c(-c2cccs2)n[nH]c1=S. The lowest BCUT2D eigenvalue weighted by atomic mass is 10.4. The third kappa shape index (κ3) is 1.71. The molecule has 0 bridgehead atoms. The van der Waals surface area contributed by atoms with Crippen LogP contribution in [0.3, 0.4) is 0 Å². The summed E-state index contributed by atoms with van der Waals surface area (Å²) >= 11 is 6.74. The summed E-state index contributed by atoms with van der Waals surface area (Å²) in [4.78, 5) is 1.05. The summed E-state index contributed by atoms with van der Waals surface area (Å²) in [6, 6.07) is 3.96. The van der Waals surface area contributed by atoms with Gasteiger partial charge in [-0.1, -0.05) is 19.2 Å². The van der Waals surface area contributed by atoms with Gasteiger partial charge in [0.1, 0.15) is 0 Å². The van der Waals surface area contributed by atoms with Crippen LogP contribution in [0.1, 0.15) is 0 Å². The van der Waals surface area contributed by atoms with Crippen molar-refractivity contribution in [2.45, 2.75) is 0 Å². The molecule has 2 heterocycles. The molecule has 0 aliphatic heterocycles. The molecule has 0 radical (unpaired) electrons. The van der Waals surface area contributed by atoms with Crippen LogP contribution < -0.4 is 0 Å². The summed E-state index contributed by atoms with van der Waals surface area (Å²) in [5, 5.41) is 8.92. The summed E-state index contributed by atoms with van der Waals surface area (Å²) in [6.45, 7) is 7.55. The van der Waals surface area contributed by atoms with Gasteiger partial charge in [-0.25, -0.2) is 0 Å². The highest BCUT2D eigenvalue weighted by molar-refractivity contribution is 7.71. The van der Waals surface area contributed by atoms with E-state index < -0.39 is 0 Å². The first-order valence-electron chi connectivity index (χ1n) is 4.27. The molecule has 2 aromatic rings. The maximum atomic E-state index is 5.13. The van der Waals surface area contributed by atoms with E-state index in [1.807, 2.05) is 17.5 Å². The van der Waals surface area contributed by atoms with Crippen molar-refractivity contribution in [3.63, 3.8) is 0 Å². The van der Waals surface area contributed by atoms with Crippen molar-refractivity contribution in [3.05, 3.63) is 41.5 Å². The third-order valence-corrected chi connectivity index (χ3v) is 3.08. The molecule has 1 N–H and O–H groups in total. The zero-order valence-corrected chi connectivity index (χ0v) is 9.57. The molecule has 0 spiro atoms. The van der Waals surface area contributed by atoms with Crippen LogP contribution in [0.25, 0.3) is 16.4 Å². The van der Waals surface area contributed by atoms with E-state index in [0.717, 1.165) is 16.4 Å². The topological polar surface area (TPSA) is 33.6 Å². The van der Waals surface area contributed by atoms with Gasteiger partial charge in [0, 0.05) is 5.70 Å². The molecule has 0 saturated carbocycles. The Hall–Kier alpha value is -1.46. The average Bonchev–Trinajstić information content (AvgIpc) is 2.85. The van der Waals surface area contributed by atoms with Gasteiger partial charge in [0.15, 0.2) is 10.6 Å². The van der Waals surface area contributed by atoms with E-state index in [0.29, 0.717) is 4.77 Å². The highest BCUT2D eigenvalue weighted by atomic mass is 32.1. The largest absolute Gasteiger partial charge is 0.268 e. The Kier molecular flexibility index (Phi) is 2.66. The fourth-order valence-corrected chi connectivity index (χ4v) is 2.18. The second-order valence-electron chi connectivity index (χ2n) is 2.86. The molecule has 0 amide bonds. The van der Waals surface area contributed by atoms with E-state index in [4.69, 9.17) is 12.2 Å². The van der Waals surface area contributed by atoms with Crippen molar-refractivity contribution < 1.29 is 0 Å². The molecule has 2 aromatic heterocycles. The van der Waals surface area contributed by atoms with Crippen molar-refractivity contribution in [2.75, 3.05) is 0 Å². The van der Waals surface area contributed by atoms with Crippen LogP contribution in [0.15, 0.2) is 36.7 Å². The van der Waals surface area contributed by atoms with Gasteiger partial charge in [0.25, 0.3) is 0 Å². The minimum atomic E-state index is 0.531. The van der Waals surface area contributed by atoms with Gasteiger partial charge in [-0.05, 0) is 29.7 Å². The lowest BCUT2D eigenvalue weighted by molar-refractivity contribution is 1.07. The van der Waals surface area contributed by atoms with Gasteiger partial charge in [-0.3, -0.25) is 9.67 Å². The number of H-pyrrole nitrogens is 1. The fraction of sp³-hybridized carbons (Fsp3) is 0. The molecular weight excluding hydrogens is 226 g/mol. The first kappa shape index (κ1) is 10.1.